The summed E-state index contributed by atoms with van der Waals surface area (Å²) < 4.78 is 0. The van der Waals surface area contributed by atoms with Crippen molar-refractivity contribution in [3.05, 3.63) is 17.8 Å². The molecule has 18 heavy (non-hydrogen) atoms. The predicted molar refractivity (Wildman–Crippen MR) is 79.8 cm³/mol. The lowest BCUT2D eigenvalue weighted by molar-refractivity contribution is 0.546. The quantitative estimate of drug-likeness (QED) is 0.800. The molecule has 1 rings (SSSR count). The summed E-state index contributed by atoms with van der Waals surface area (Å²) in [6.45, 7) is 10.6. The number of thiocarbonyl (C=S) groups is 1. The smallest absolute Gasteiger partial charge is 0.161 e. The van der Waals surface area contributed by atoms with Gasteiger partial charge in [0.1, 0.15) is 4.99 Å². The zero-order valence-corrected chi connectivity index (χ0v) is 12.4. The van der Waals surface area contributed by atoms with E-state index in [1.165, 1.54) is 0 Å². The minimum absolute atomic E-state index is 0.373. The van der Waals surface area contributed by atoms with Crippen LogP contribution in [0.4, 0.5) is 5.82 Å². The highest BCUT2D eigenvalue weighted by Gasteiger charge is 2.17. The molecular formula is C13H22N4S. The molecule has 0 aliphatic rings. The Kier molecular flexibility index (Phi) is 5.47. The molecule has 0 fully saturated rings. The summed E-state index contributed by atoms with van der Waals surface area (Å²) in [5.74, 6) is 1.89. The van der Waals surface area contributed by atoms with Crippen molar-refractivity contribution < 1.29 is 0 Å². The van der Waals surface area contributed by atoms with Gasteiger partial charge in [-0.25, -0.2) is 0 Å². The van der Waals surface area contributed by atoms with Crippen LogP contribution < -0.4 is 10.6 Å². The van der Waals surface area contributed by atoms with E-state index in [1.807, 2.05) is 6.07 Å². The van der Waals surface area contributed by atoms with Crippen molar-refractivity contribution in [1.82, 2.24) is 10.2 Å². The second-order valence-electron chi connectivity index (χ2n) is 5.33. The SMILES string of the molecule is CC(C)CN(CC(C)C)c1nnccc1C(N)=S. The summed E-state index contributed by atoms with van der Waals surface area (Å²) in [7, 11) is 0. The van der Waals surface area contributed by atoms with E-state index < -0.39 is 0 Å². The van der Waals surface area contributed by atoms with Crippen LogP contribution in [0.15, 0.2) is 12.3 Å². The Bertz CT molecular complexity index is 394. The van der Waals surface area contributed by atoms with Crippen LogP contribution in [-0.4, -0.2) is 28.3 Å². The molecule has 5 heteroatoms. The van der Waals surface area contributed by atoms with Crippen molar-refractivity contribution in [2.24, 2.45) is 17.6 Å². The fraction of sp³-hybridized carbons (Fsp3) is 0.615. The van der Waals surface area contributed by atoms with Gasteiger partial charge in [0.2, 0.25) is 0 Å². The molecule has 0 amide bonds. The third-order valence-electron chi connectivity index (χ3n) is 2.44. The fourth-order valence-electron chi connectivity index (χ4n) is 1.88. The molecule has 0 atom stereocenters. The Labute approximate surface area is 115 Å². The number of anilines is 1. The second kappa shape index (κ2) is 6.64. The van der Waals surface area contributed by atoms with Crippen LogP contribution in [0.25, 0.3) is 0 Å². The summed E-state index contributed by atoms with van der Waals surface area (Å²) in [5, 5.41) is 8.17. The molecule has 0 radical (unpaired) electrons. The average Bonchev–Trinajstić information content (AvgIpc) is 2.26. The average molecular weight is 266 g/mol. The van der Waals surface area contributed by atoms with Crippen molar-refractivity contribution in [2.75, 3.05) is 18.0 Å². The highest BCUT2D eigenvalue weighted by molar-refractivity contribution is 7.80. The molecule has 1 aromatic rings. The van der Waals surface area contributed by atoms with Gasteiger partial charge in [-0.3, -0.25) is 0 Å². The Morgan fingerprint density at radius 3 is 2.28 bits per heavy atom. The van der Waals surface area contributed by atoms with E-state index in [-0.39, 0.29) is 0 Å². The third kappa shape index (κ3) is 4.22. The maximum absolute atomic E-state index is 5.75. The summed E-state index contributed by atoms with van der Waals surface area (Å²) in [6.07, 6.45) is 1.63. The Morgan fingerprint density at radius 1 is 1.28 bits per heavy atom. The lowest BCUT2D eigenvalue weighted by Crippen LogP contribution is -2.34. The number of hydrogen-bond acceptors (Lipinski definition) is 4. The first-order chi connectivity index (χ1) is 8.41. The van der Waals surface area contributed by atoms with Gasteiger partial charge in [-0.15, -0.1) is 5.10 Å². The van der Waals surface area contributed by atoms with E-state index in [4.69, 9.17) is 18.0 Å². The molecule has 0 saturated carbocycles. The predicted octanol–water partition coefficient (Wildman–Crippen LogP) is 2.23. The number of nitrogens with zero attached hydrogens (tertiary/aromatic N) is 3. The lowest BCUT2D eigenvalue weighted by atomic mass is 10.1. The van der Waals surface area contributed by atoms with Crippen LogP contribution in [0.3, 0.4) is 0 Å². The van der Waals surface area contributed by atoms with Crippen LogP contribution in [0.5, 0.6) is 0 Å². The summed E-state index contributed by atoms with van der Waals surface area (Å²) in [4.78, 5) is 2.59. The molecule has 0 bridgehead atoms. The molecule has 4 nitrogen and oxygen atoms in total. The first kappa shape index (κ1) is 14.8. The van der Waals surface area contributed by atoms with E-state index in [2.05, 4.69) is 42.8 Å². The highest BCUT2D eigenvalue weighted by Crippen LogP contribution is 2.19. The lowest BCUT2D eigenvalue weighted by Gasteiger charge is -2.28. The van der Waals surface area contributed by atoms with Crippen molar-refractivity contribution >= 4 is 23.0 Å². The number of hydrogen-bond donors (Lipinski definition) is 1. The van der Waals surface area contributed by atoms with E-state index in [0.717, 1.165) is 24.5 Å². The molecule has 0 aliphatic carbocycles. The maximum Gasteiger partial charge on any atom is 0.161 e. The molecule has 0 spiro atoms. The summed E-state index contributed by atoms with van der Waals surface area (Å²) in [5.41, 5.74) is 6.56. The van der Waals surface area contributed by atoms with Crippen LogP contribution in [0.2, 0.25) is 0 Å². The maximum atomic E-state index is 5.75. The van der Waals surface area contributed by atoms with Gasteiger partial charge in [0.15, 0.2) is 5.82 Å². The van der Waals surface area contributed by atoms with Gasteiger partial charge in [-0.2, -0.15) is 5.10 Å². The van der Waals surface area contributed by atoms with Gasteiger partial charge < -0.3 is 10.6 Å². The highest BCUT2D eigenvalue weighted by atomic mass is 32.1. The zero-order chi connectivity index (χ0) is 13.7. The van der Waals surface area contributed by atoms with Crippen LogP contribution in [0.1, 0.15) is 33.3 Å². The van der Waals surface area contributed by atoms with Gasteiger partial charge in [-0.1, -0.05) is 39.9 Å². The largest absolute Gasteiger partial charge is 0.389 e. The van der Waals surface area contributed by atoms with Crippen molar-refractivity contribution in [3.8, 4) is 0 Å². The summed E-state index contributed by atoms with van der Waals surface area (Å²) in [6, 6.07) is 1.83. The first-order valence-electron chi connectivity index (χ1n) is 6.28. The van der Waals surface area contributed by atoms with E-state index >= 15 is 0 Å². The van der Waals surface area contributed by atoms with E-state index in [1.54, 1.807) is 6.20 Å². The Balaban J connectivity index is 3.07. The molecule has 0 aromatic carbocycles. The summed E-state index contributed by atoms with van der Waals surface area (Å²) >= 11 is 5.08. The first-order valence-corrected chi connectivity index (χ1v) is 6.69. The molecular weight excluding hydrogens is 244 g/mol. The Morgan fingerprint density at radius 2 is 1.83 bits per heavy atom. The van der Waals surface area contributed by atoms with E-state index in [0.29, 0.717) is 16.8 Å². The van der Waals surface area contributed by atoms with Crippen LogP contribution in [-0.2, 0) is 0 Å². The minimum atomic E-state index is 0.373. The van der Waals surface area contributed by atoms with Gasteiger partial charge in [-0.05, 0) is 17.9 Å². The molecule has 100 valence electrons. The van der Waals surface area contributed by atoms with E-state index in [9.17, 15) is 0 Å². The van der Waals surface area contributed by atoms with Gasteiger partial charge in [0, 0.05) is 13.1 Å². The Hall–Kier alpha value is -1.23. The fourth-order valence-corrected chi connectivity index (χ4v) is 2.04. The second-order valence-corrected chi connectivity index (χ2v) is 5.77. The topological polar surface area (TPSA) is 55.0 Å². The standard InChI is InChI=1S/C13H22N4S/c1-9(2)7-17(8-10(3)4)13-11(12(14)18)5-6-15-16-13/h5-6,9-10H,7-8H2,1-4H3,(H2,14,18). The van der Waals surface area contributed by atoms with Crippen molar-refractivity contribution in [3.63, 3.8) is 0 Å². The zero-order valence-electron chi connectivity index (χ0n) is 11.6. The molecule has 0 saturated heterocycles. The molecule has 1 heterocycles. The van der Waals surface area contributed by atoms with Crippen LogP contribution >= 0.6 is 12.2 Å². The number of aromatic nitrogens is 2. The van der Waals surface area contributed by atoms with Crippen LogP contribution in [0, 0.1) is 11.8 Å². The van der Waals surface area contributed by atoms with Crippen molar-refractivity contribution in [1.29, 1.82) is 0 Å². The monoisotopic (exact) mass is 266 g/mol. The molecule has 0 aliphatic heterocycles. The minimum Gasteiger partial charge on any atom is -0.389 e. The molecule has 0 unspecified atom stereocenters. The van der Waals surface area contributed by atoms with Gasteiger partial charge >= 0.3 is 0 Å². The van der Waals surface area contributed by atoms with Crippen molar-refractivity contribution in [2.45, 2.75) is 27.7 Å². The van der Waals surface area contributed by atoms with Gasteiger partial charge in [0.05, 0.1) is 11.8 Å². The third-order valence-corrected chi connectivity index (χ3v) is 2.66. The normalized spacial score (nSPS) is 11.0. The number of nitrogens with two attached hydrogens (primary N) is 1. The molecule has 2 N–H and O–H groups in total. The molecule has 1 aromatic heterocycles. The number of rotatable bonds is 6. The van der Waals surface area contributed by atoms with Gasteiger partial charge in [0.25, 0.3) is 0 Å².